The van der Waals surface area contributed by atoms with E-state index in [-0.39, 0.29) is 5.91 Å². The fourth-order valence-corrected chi connectivity index (χ4v) is 1.83. The van der Waals surface area contributed by atoms with Gasteiger partial charge in [0.15, 0.2) is 0 Å². The first-order valence-corrected chi connectivity index (χ1v) is 5.04. The van der Waals surface area contributed by atoms with Gasteiger partial charge in [-0.2, -0.15) is 0 Å². The van der Waals surface area contributed by atoms with Crippen molar-refractivity contribution in [2.75, 3.05) is 26.3 Å². The molecule has 2 aliphatic heterocycles. The molecule has 78 valence electrons. The van der Waals surface area contributed by atoms with E-state index in [2.05, 4.69) is 5.43 Å². The van der Waals surface area contributed by atoms with Gasteiger partial charge in [0.25, 0.3) is 5.91 Å². The van der Waals surface area contributed by atoms with Crippen molar-refractivity contribution in [1.82, 2.24) is 10.4 Å². The summed E-state index contributed by atoms with van der Waals surface area (Å²) >= 11 is 0. The third-order valence-corrected chi connectivity index (χ3v) is 2.64. The van der Waals surface area contributed by atoms with Crippen LogP contribution < -0.4 is 5.43 Å². The van der Waals surface area contributed by atoms with Crippen molar-refractivity contribution in [2.45, 2.75) is 13.3 Å². The monoisotopic (exact) mass is 196 g/mol. The fraction of sp³-hybridized carbons (Fsp3) is 0.700. The largest absolute Gasteiger partial charge is 0.380 e. The summed E-state index contributed by atoms with van der Waals surface area (Å²) in [5.41, 5.74) is 3.19. The minimum Gasteiger partial charge on any atom is -0.380 e. The Kier molecular flexibility index (Phi) is 2.56. The van der Waals surface area contributed by atoms with Gasteiger partial charge in [-0.25, -0.2) is 5.01 Å². The molecule has 2 saturated heterocycles. The van der Waals surface area contributed by atoms with Crippen LogP contribution in [0.2, 0.25) is 0 Å². The maximum absolute atomic E-state index is 11.3. The van der Waals surface area contributed by atoms with E-state index in [4.69, 9.17) is 4.74 Å². The van der Waals surface area contributed by atoms with E-state index in [9.17, 15) is 4.79 Å². The number of carbonyl (C=O) groups is 1. The van der Waals surface area contributed by atoms with E-state index in [1.54, 1.807) is 6.08 Å². The Morgan fingerprint density at radius 1 is 1.57 bits per heavy atom. The van der Waals surface area contributed by atoms with E-state index in [0.717, 1.165) is 32.7 Å². The highest BCUT2D eigenvalue weighted by Crippen LogP contribution is 2.36. The number of ether oxygens (including phenoxy) is 1. The first kappa shape index (κ1) is 9.68. The van der Waals surface area contributed by atoms with E-state index < -0.39 is 0 Å². The molecule has 0 aliphatic carbocycles. The SMILES string of the molecule is CCC=CC(=O)NN1CC2(COC2)C1. The lowest BCUT2D eigenvalue weighted by Gasteiger charge is -2.54. The van der Waals surface area contributed by atoms with Gasteiger partial charge in [-0.15, -0.1) is 0 Å². The Hall–Kier alpha value is -0.870. The Balaban J connectivity index is 1.68. The lowest BCUT2D eigenvalue weighted by Crippen LogP contribution is -2.69. The van der Waals surface area contributed by atoms with Crippen molar-refractivity contribution in [1.29, 1.82) is 0 Å². The number of amides is 1. The van der Waals surface area contributed by atoms with Crippen molar-refractivity contribution in [3.63, 3.8) is 0 Å². The van der Waals surface area contributed by atoms with Crippen molar-refractivity contribution < 1.29 is 9.53 Å². The maximum atomic E-state index is 11.3. The lowest BCUT2D eigenvalue weighted by molar-refractivity contribution is -0.202. The van der Waals surface area contributed by atoms with Gasteiger partial charge in [0.2, 0.25) is 0 Å². The summed E-state index contributed by atoms with van der Waals surface area (Å²) in [5.74, 6) is -0.0260. The zero-order chi connectivity index (χ0) is 10.0. The van der Waals surface area contributed by atoms with Crippen LogP contribution >= 0.6 is 0 Å². The van der Waals surface area contributed by atoms with Crippen LogP contribution in [0.4, 0.5) is 0 Å². The summed E-state index contributed by atoms with van der Waals surface area (Å²) in [6.07, 6.45) is 4.34. The number of allylic oxidation sites excluding steroid dienone is 1. The molecule has 14 heavy (non-hydrogen) atoms. The minimum atomic E-state index is -0.0260. The van der Waals surface area contributed by atoms with Crippen molar-refractivity contribution in [3.05, 3.63) is 12.2 Å². The van der Waals surface area contributed by atoms with Crippen molar-refractivity contribution >= 4 is 5.91 Å². The molecule has 0 aromatic carbocycles. The number of nitrogens with zero attached hydrogens (tertiary/aromatic N) is 1. The zero-order valence-electron chi connectivity index (χ0n) is 8.45. The summed E-state index contributed by atoms with van der Waals surface area (Å²) < 4.78 is 5.14. The van der Waals surface area contributed by atoms with Gasteiger partial charge in [-0.05, 0) is 6.42 Å². The van der Waals surface area contributed by atoms with Crippen LogP contribution in [0.1, 0.15) is 13.3 Å². The second kappa shape index (κ2) is 3.71. The highest BCUT2D eigenvalue weighted by atomic mass is 16.5. The molecular weight excluding hydrogens is 180 g/mol. The molecule has 4 nitrogen and oxygen atoms in total. The molecule has 0 radical (unpaired) electrons. The molecule has 1 N–H and O–H groups in total. The molecule has 2 rings (SSSR count). The summed E-state index contributed by atoms with van der Waals surface area (Å²) in [6, 6.07) is 0. The van der Waals surface area contributed by atoms with Crippen LogP contribution in [-0.4, -0.2) is 37.2 Å². The third-order valence-electron chi connectivity index (χ3n) is 2.64. The molecule has 0 aromatic rings. The second-order valence-corrected chi connectivity index (χ2v) is 4.14. The molecule has 1 amide bonds. The van der Waals surface area contributed by atoms with E-state index in [0.29, 0.717) is 5.41 Å². The summed E-state index contributed by atoms with van der Waals surface area (Å²) in [7, 11) is 0. The highest BCUT2D eigenvalue weighted by Gasteiger charge is 2.49. The predicted octanol–water partition coefficient (Wildman–Crippen LogP) is 0.316. The third kappa shape index (κ3) is 1.81. The molecule has 0 unspecified atom stereocenters. The standard InChI is InChI=1S/C10H16N2O2/c1-2-3-4-9(13)11-12-5-10(6-12)7-14-8-10/h3-4H,2,5-8H2,1H3,(H,11,13). The van der Waals surface area contributed by atoms with Crippen LogP contribution in [0.5, 0.6) is 0 Å². The quantitative estimate of drug-likeness (QED) is 0.661. The van der Waals surface area contributed by atoms with E-state index in [1.165, 1.54) is 0 Å². The number of carbonyl (C=O) groups excluding carboxylic acids is 1. The Labute approximate surface area is 83.9 Å². The molecule has 2 aliphatic rings. The first-order chi connectivity index (χ1) is 6.74. The lowest BCUT2D eigenvalue weighted by atomic mass is 9.79. The number of hydrogen-bond donors (Lipinski definition) is 1. The van der Waals surface area contributed by atoms with Gasteiger partial charge in [0, 0.05) is 24.6 Å². The minimum absolute atomic E-state index is 0.0260. The van der Waals surface area contributed by atoms with Gasteiger partial charge in [0.1, 0.15) is 0 Å². The van der Waals surface area contributed by atoms with Crippen LogP contribution in [0.15, 0.2) is 12.2 Å². The molecule has 0 saturated carbocycles. The number of nitrogens with one attached hydrogen (secondary N) is 1. The Morgan fingerprint density at radius 2 is 2.29 bits per heavy atom. The summed E-state index contributed by atoms with van der Waals surface area (Å²) in [5, 5.41) is 1.95. The smallest absolute Gasteiger partial charge is 0.257 e. The predicted molar refractivity (Wildman–Crippen MR) is 52.4 cm³/mol. The van der Waals surface area contributed by atoms with Crippen LogP contribution in [0, 0.1) is 5.41 Å². The van der Waals surface area contributed by atoms with Crippen molar-refractivity contribution in [2.24, 2.45) is 5.41 Å². The van der Waals surface area contributed by atoms with Crippen LogP contribution in [0.25, 0.3) is 0 Å². The summed E-state index contributed by atoms with van der Waals surface area (Å²) in [4.78, 5) is 11.3. The molecule has 2 heterocycles. The fourth-order valence-electron chi connectivity index (χ4n) is 1.83. The molecule has 0 aromatic heterocycles. The number of rotatable bonds is 3. The average Bonchev–Trinajstić information content (AvgIpc) is 2.03. The van der Waals surface area contributed by atoms with E-state index >= 15 is 0 Å². The molecule has 2 fully saturated rings. The molecule has 4 heteroatoms. The Morgan fingerprint density at radius 3 is 2.79 bits per heavy atom. The molecule has 1 spiro atoms. The number of hydrazine groups is 1. The number of hydrogen-bond acceptors (Lipinski definition) is 3. The topological polar surface area (TPSA) is 41.6 Å². The molecule has 0 atom stereocenters. The van der Waals surface area contributed by atoms with E-state index in [1.807, 2.05) is 18.0 Å². The zero-order valence-corrected chi connectivity index (χ0v) is 8.45. The van der Waals surface area contributed by atoms with Crippen molar-refractivity contribution in [3.8, 4) is 0 Å². The Bertz CT molecular complexity index is 251. The van der Waals surface area contributed by atoms with Gasteiger partial charge >= 0.3 is 0 Å². The van der Waals surface area contributed by atoms with Gasteiger partial charge in [0.05, 0.1) is 13.2 Å². The maximum Gasteiger partial charge on any atom is 0.257 e. The molecule has 0 bridgehead atoms. The van der Waals surface area contributed by atoms with Crippen LogP contribution in [-0.2, 0) is 9.53 Å². The average molecular weight is 196 g/mol. The van der Waals surface area contributed by atoms with Crippen LogP contribution in [0.3, 0.4) is 0 Å². The van der Waals surface area contributed by atoms with Gasteiger partial charge in [-0.3, -0.25) is 10.2 Å². The second-order valence-electron chi connectivity index (χ2n) is 4.14. The molecular formula is C10H16N2O2. The van der Waals surface area contributed by atoms with Gasteiger partial charge < -0.3 is 4.74 Å². The highest BCUT2D eigenvalue weighted by molar-refractivity contribution is 5.87. The van der Waals surface area contributed by atoms with Gasteiger partial charge in [-0.1, -0.05) is 13.0 Å². The first-order valence-electron chi connectivity index (χ1n) is 5.04. The summed E-state index contributed by atoms with van der Waals surface area (Å²) in [6.45, 7) is 5.57. The normalized spacial score (nSPS) is 24.6.